The first-order chi connectivity index (χ1) is 6.61. The summed E-state index contributed by atoms with van der Waals surface area (Å²) in [5.74, 6) is -0.0552. The molecule has 0 aliphatic heterocycles. The number of hydrogen-bond donors (Lipinski definition) is 2. The molecule has 3 nitrogen and oxygen atoms in total. The summed E-state index contributed by atoms with van der Waals surface area (Å²) in [5, 5.41) is 2.78. The summed E-state index contributed by atoms with van der Waals surface area (Å²) in [7, 11) is 0. The third kappa shape index (κ3) is 2.85. The molecule has 1 aromatic rings. The predicted octanol–water partition coefficient (Wildman–Crippen LogP) is 1.07. The van der Waals surface area contributed by atoms with Gasteiger partial charge in [0.1, 0.15) is 0 Å². The van der Waals surface area contributed by atoms with Crippen LogP contribution in [-0.4, -0.2) is 18.5 Å². The molecule has 0 saturated carbocycles. The molecule has 1 atom stereocenters. The smallest absolute Gasteiger partial charge is 0.251 e. The van der Waals surface area contributed by atoms with E-state index in [-0.39, 0.29) is 11.9 Å². The lowest BCUT2D eigenvalue weighted by atomic mass is 10.1. The fourth-order valence-corrected chi connectivity index (χ4v) is 1.18. The van der Waals surface area contributed by atoms with Gasteiger partial charge < -0.3 is 11.1 Å². The van der Waals surface area contributed by atoms with Crippen molar-refractivity contribution in [3.63, 3.8) is 0 Å². The van der Waals surface area contributed by atoms with Gasteiger partial charge in [0.2, 0.25) is 0 Å². The van der Waals surface area contributed by atoms with Crippen molar-refractivity contribution >= 4 is 5.91 Å². The van der Waals surface area contributed by atoms with Crippen LogP contribution in [-0.2, 0) is 0 Å². The maximum Gasteiger partial charge on any atom is 0.251 e. The van der Waals surface area contributed by atoms with E-state index >= 15 is 0 Å². The minimum absolute atomic E-state index is 0.0111. The van der Waals surface area contributed by atoms with Gasteiger partial charge in [-0.3, -0.25) is 4.79 Å². The molecule has 14 heavy (non-hydrogen) atoms. The molecule has 3 heteroatoms. The molecule has 0 radical (unpaired) electrons. The van der Waals surface area contributed by atoms with Crippen molar-refractivity contribution in [2.24, 2.45) is 5.73 Å². The van der Waals surface area contributed by atoms with Crippen LogP contribution in [0.4, 0.5) is 0 Å². The Labute approximate surface area is 84.3 Å². The Hall–Kier alpha value is -1.35. The van der Waals surface area contributed by atoms with Crippen LogP contribution >= 0.6 is 0 Å². The van der Waals surface area contributed by atoms with E-state index < -0.39 is 0 Å². The van der Waals surface area contributed by atoms with Crippen molar-refractivity contribution < 1.29 is 4.79 Å². The second-order valence-corrected chi connectivity index (χ2v) is 3.50. The van der Waals surface area contributed by atoms with E-state index in [9.17, 15) is 4.79 Å². The van der Waals surface area contributed by atoms with Crippen LogP contribution in [0.2, 0.25) is 0 Å². The van der Waals surface area contributed by atoms with Crippen LogP contribution in [0.5, 0.6) is 0 Å². The number of carbonyl (C=O) groups is 1. The first-order valence-corrected chi connectivity index (χ1v) is 4.70. The van der Waals surface area contributed by atoms with Gasteiger partial charge in [-0.15, -0.1) is 0 Å². The number of aryl methyl sites for hydroxylation is 1. The second kappa shape index (κ2) is 4.77. The third-order valence-electron chi connectivity index (χ3n) is 1.97. The Kier molecular flexibility index (Phi) is 3.65. The largest absolute Gasteiger partial charge is 0.350 e. The average Bonchev–Trinajstić information content (AvgIpc) is 2.15. The molecule has 3 N–H and O–H groups in total. The number of amides is 1. The van der Waals surface area contributed by atoms with Gasteiger partial charge in [0.15, 0.2) is 0 Å². The molecule has 1 rings (SSSR count). The molecule has 0 fully saturated rings. The molecule has 0 bridgehead atoms. The van der Waals surface area contributed by atoms with Gasteiger partial charge >= 0.3 is 0 Å². The van der Waals surface area contributed by atoms with Gasteiger partial charge in [-0.1, -0.05) is 18.2 Å². The molecular weight excluding hydrogens is 176 g/mol. The van der Waals surface area contributed by atoms with Gasteiger partial charge in [-0.25, -0.2) is 0 Å². The Morgan fingerprint density at radius 3 is 2.71 bits per heavy atom. The summed E-state index contributed by atoms with van der Waals surface area (Å²) in [5.41, 5.74) is 7.24. The van der Waals surface area contributed by atoms with Crippen LogP contribution in [0.1, 0.15) is 22.8 Å². The van der Waals surface area contributed by atoms with Gasteiger partial charge in [-0.2, -0.15) is 0 Å². The van der Waals surface area contributed by atoms with E-state index in [0.717, 1.165) is 5.56 Å². The van der Waals surface area contributed by atoms with Crippen LogP contribution < -0.4 is 11.1 Å². The lowest BCUT2D eigenvalue weighted by Crippen LogP contribution is -2.35. The van der Waals surface area contributed by atoms with Gasteiger partial charge in [0.25, 0.3) is 5.91 Å². The van der Waals surface area contributed by atoms with Gasteiger partial charge in [0.05, 0.1) is 0 Å². The topological polar surface area (TPSA) is 55.1 Å². The molecule has 0 heterocycles. The van der Waals surface area contributed by atoms with Gasteiger partial charge in [0, 0.05) is 18.2 Å². The normalized spacial score (nSPS) is 12.2. The Morgan fingerprint density at radius 2 is 2.14 bits per heavy atom. The number of rotatable bonds is 3. The molecular formula is C11H16N2O. The first-order valence-electron chi connectivity index (χ1n) is 4.70. The van der Waals surface area contributed by atoms with Crippen molar-refractivity contribution in [2.45, 2.75) is 19.9 Å². The summed E-state index contributed by atoms with van der Waals surface area (Å²) < 4.78 is 0. The predicted molar refractivity (Wildman–Crippen MR) is 57.2 cm³/mol. The quantitative estimate of drug-likeness (QED) is 0.752. The molecule has 0 saturated heterocycles. The standard InChI is InChI=1S/C11H16N2O/c1-8-5-3-4-6-10(8)11(14)13-7-9(2)12/h3-6,9H,7,12H2,1-2H3,(H,13,14). The Bertz CT molecular complexity index is 321. The fraction of sp³-hybridized carbons (Fsp3) is 0.364. The molecule has 1 unspecified atom stereocenters. The van der Waals surface area contributed by atoms with Crippen LogP contribution in [0.15, 0.2) is 24.3 Å². The van der Waals surface area contributed by atoms with Crippen LogP contribution in [0.3, 0.4) is 0 Å². The highest BCUT2D eigenvalue weighted by atomic mass is 16.1. The highest BCUT2D eigenvalue weighted by Gasteiger charge is 2.07. The summed E-state index contributed by atoms with van der Waals surface area (Å²) in [4.78, 5) is 11.6. The highest BCUT2D eigenvalue weighted by Crippen LogP contribution is 2.05. The van der Waals surface area contributed by atoms with E-state index in [0.29, 0.717) is 12.1 Å². The van der Waals surface area contributed by atoms with E-state index in [4.69, 9.17) is 5.73 Å². The van der Waals surface area contributed by atoms with Crippen molar-refractivity contribution in [3.8, 4) is 0 Å². The minimum Gasteiger partial charge on any atom is -0.350 e. The van der Waals surface area contributed by atoms with Crippen molar-refractivity contribution in [3.05, 3.63) is 35.4 Å². The summed E-state index contributed by atoms with van der Waals surface area (Å²) in [6, 6.07) is 7.49. The zero-order valence-corrected chi connectivity index (χ0v) is 8.58. The molecule has 76 valence electrons. The zero-order valence-electron chi connectivity index (χ0n) is 8.58. The zero-order chi connectivity index (χ0) is 10.6. The summed E-state index contributed by atoms with van der Waals surface area (Å²) >= 11 is 0. The number of nitrogens with two attached hydrogens (primary N) is 1. The highest BCUT2D eigenvalue weighted by molar-refractivity contribution is 5.95. The Morgan fingerprint density at radius 1 is 1.50 bits per heavy atom. The van der Waals surface area contributed by atoms with Crippen molar-refractivity contribution in [2.75, 3.05) is 6.54 Å². The lowest BCUT2D eigenvalue weighted by Gasteiger charge is -2.09. The number of benzene rings is 1. The molecule has 0 aliphatic carbocycles. The van der Waals surface area contributed by atoms with Gasteiger partial charge in [-0.05, 0) is 25.5 Å². The summed E-state index contributed by atoms with van der Waals surface area (Å²) in [6.45, 7) is 4.28. The van der Waals surface area contributed by atoms with Crippen molar-refractivity contribution in [1.29, 1.82) is 0 Å². The van der Waals surface area contributed by atoms with Crippen LogP contribution in [0, 0.1) is 6.92 Å². The van der Waals surface area contributed by atoms with E-state index in [2.05, 4.69) is 5.32 Å². The summed E-state index contributed by atoms with van der Waals surface area (Å²) in [6.07, 6.45) is 0. The van der Waals surface area contributed by atoms with Crippen LogP contribution in [0.25, 0.3) is 0 Å². The fourth-order valence-electron chi connectivity index (χ4n) is 1.18. The van der Waals surface area contributed by atoms with E-state index in [1.807, 2.05) is 38.1 Å². The molecule has 0 spiro atoms. The molecule has 1 aromatic carbocycles. The molecule has 0 aliphatic rings. The molecule has 1 amide bonds. The number of nitrogens with one attached hydrogen (secondary N) is 1. The second-order valence-electron chi connectivity index (χ2n) is 3.50. The number of carbonyl (C=O) groups excluding carboxylic acids is 1. The Balaban J connectivity index is 2.65. The maximum atomic E-state index is 11.6. The molecule has 0 aromatic heterocycles. The number of hydrogen-bond acceptors (Lipinski definition) is 2. The van der Waals surface area contributed by atoms with E-state index in [1.54, 1.807) is 0 Å². The van der Waals surface area contributed by atoms with Crippen molar-refractivity contribution in [1.82, 2.24) is 5.32 Å². The lowest BCUT2D eigenvalue weighted by molar-refractivity contribution is 0.0951. The monoisotopic (exact) mass is 192 g/mol. The van der Waals surface area contributed by atoms with E-state index in [1.165, 1.54) is 0 Å². The minimum atomic E-state index is -0.0552. The average molecular weight is 192 g/mol. The first kappa shape index (κ1) is 10.7. The SMILES string of the molecule is Cc1ccccc1C(=O)NCC(C)N. The maximum absolute atomic E-state index is 11.6. The third-order valence-corrected chi connectivity index (χ3v) is 1.97.